The number of carbonyl (C=O) groups is 1. The summed E-state index contributed by atoms with van der Waals surface area (Å²) in [5.41, 5.74) is 4.80. The van der Waals surface area contributed by atoms with Crippen molar-refractivity contribution >= 4 is 28.7 Å². The van der Waals surface area contributed by atoms with E-state index in [1.54, 1.807) is 11.8 Å². The molecule has 33 heavy (non-hydrogen) atoms. The Bertz CT molecular complexity index is 1170. The average molecular weight is 461 g/mol. The quantitative estimate of drug-likeness (QED) is 0.335. The number of rotatable bonds is 10. The molecule has 0 fully saturated rings. The molecule has 1 aromatic heterocycles. The van der Waals surface area contributed by atoms with Gasteiger partial charge in [0.05, 0.1) is 11.0 Å². The molecule has 1 heterocycles. The van der Waals surface area contributed by atoms with Crippen molar-refractivity contribution in [3.8, 4) is 5.75 Å². The lowest BCUT2D eigenvalue weighted by molar-refractivity contribution is 0.0951. The number of aromatic nitrogens is 2. The van der Waals surface area contributed by atoms with Crippen molar-refractivity contribution in [3.05, 3.63) is 89.5 Å². The Labute approximate surface area is 198 Å². The second kappa shape index (κ2) is 11.0. The van der Waals surface area contributed by atoms with Gasteiger partial charge in [0.15, 0.2) is 5.16 Å². The molecule has 6 nitrogen and oxygen atoms in total. The zero-order valence-corrected chi connectivity index (χ0v) is 19.7. The zero-order valence-electron chi connectivity index (χ0n) is 18.9. The number of nitrogens with zero attached hydrogens (tertiary/aromatic N) is 2. The van der Waals surface area contributed by atoms with Gasteiger partial charge in [-0.3, -0.25) is 4.79 Å². The highest BCUT2D eigenvalue weighted by atomic mass is 32.2. The molecule has 0 saturated heterocycles. The lowest BCUT2D eigenvalue weighted by Crippen LogP contribution is -2.22. The van der Waals surface area contributed by atoms with E-state index in [1.807, 2.05) is 86.9 Å². The van der Waals surface area contributed by atoms with Crippen molar-refractivity contribution < 1.29 is 9.53 Å². The van der Waals surface area contributed by atoms with Crippen molar-refractivity contribution in [1.82, 2.24) is 20.2 Å². The molecular weight excluding hydrogens is 432 g/mol. The van der Waals surface area contributed by atoms with Crippen LogP contribution in [0, 0.1) is 0 Å². The van der Waals surface area contributed by atoms with Gasteiger partial charge in [-0.1, -0.05) is 48.2 Å². The van der Waals surface area contributed by atoms with Crippen LogP contribution in [0.3, 0.4) is 0 Å². The van der Waals surface area contributed by atoms with Crippen molar-refractivity contribution in [2.45, 2.75) is 17.5 Å². The summed E-state index contributed by atoms with van der Waals surface area (Å²) in [4.78, 5) is 22.6. The topological polar surface area (TPSA) is 70.2 Å². The number of imidazole rings is 1. The van der Waals surface area contributed by atoms with Gasteiger partial charge in [0.25, 0.3) is 5.91 Å². The molecule has 0 aliphatic heterocycles. The number of H-pyrrole nitrogens is 1. The number of fused-ring (bicyclic) bond motifs is 1. The van der Waals surface area contributed by atoms with Gasteiger partial charge in [0.1, 0.15) is 12.4 Å². The maximum absolute atomic E-state index is 12.6. The standard InChI is InChI=1S/C26H28N4O2S/c1-30(2)14-15-32-22-7-5-6-20(16-22)17-27-25(31)21-12-10-19(11-13-21)18-33-26-28-23-8-3-4-9-24(23)29-26/h3-13,16H,14-15,17-18H2,1-2H3,(H,27,31)(H,28,29). The summed E-state index contributed by atoms with van der Waals surface area (Å²) in [6, 6.07) is 23.5. The van der Waals surface area contributed by atoms with Gasteiger partial charge in [-0.15, -0.1) is 0 Å². The summed E-state index contributed by atoms with van der Waals surface area (Å²) in [6.07, 6.45) is 0. The third-order valence-electron chi connectivity index (χ3n) is 5.12. The Hall–Kier alpha value is -3.29. The Morgan fingerprint density at radius 1 is 1.03 bits per heavy atom. The molecule has 3 aromatic carbocycles. The average Bonchev–Trinajstić information content (AvgIpc) is 3.25. The fourth-order valence-corrected chi connectivity index (χ4v) is 4.12. The zero-order chi connectivity index (χ0) is 23.0. The van der Waals surface area contributed by atoms with E-state index in [0.29, 0.717) is 18.7 Å². The Kier molecular flexibility index (Phi) is 7.65. The lowest BCUT2D eigenvalue weighted by atomic mass is 10.1. The first kappa shape index (κ1) is 22.9. The number of aromatic amines is 1. The van der Waals surface area contributed by atoms with Crippen LogP contribution in [0.2, 0.25) is 0 Å². The number of amides is 1. The number of para-hydroxylation sites is 2. The summed E-state index contributed by atoms with van der Waals surface area (Å²) in [5, 5.41) is 3.88. The van der Waals surface area contributed by atoms with E-state index in [2.05, 4.69) is 20.2 Å². The molecule has 0 aliphatic carbocycles. The summed E-state index contributed by atoms with van der Waals surface area (Å²) in [7, 11) is 4.03. The summed E-state index contributed by atoms with van der Waals surface area (Å²) >= 11 is 1.65. The molecule has 0 unspecified atom stereocenters. The number of nitrogens with one attached hydrogen (secondary N) is 2. The smallest absolute Gasteiger partial charge is 0.251 e. The van der Waals surface area contributed by atoms with Gasteiger partial charge in [-0.25, -0.2) is 4.98 Å². The number of hydrogen-bond acceptors (Lipinski definition) is 5. The Morgan fingerprint density at radius 3 is 2.64 bits per heavy atom. The Morgan fingerprint density at radius 2 is 1.85 bits per heavy atom. The van der Waals surface area contributed by atoms with Crippen LogP contribution in [0.25, 0.3) is 11.0 Å². The monoisotopic (exact) mass is 460 g/mol. The molecular formula is C26H28N4O2S. The predicted octanol–water partition coefficient (Wildman–Crippen LogP) is 4.73. The van der Waals surface area contributed by atoms with E-state index >= 15 is 0 Å². The molecule has 2 N–H and O–H groups in total. The van der Waals surface area contributed by atoms with Crippen molar-refractivity contribution in [2.24, 2.45) is 0 Å². The van der Waals surface area contributed by atoms with E-state index in [-0.39, 0.29) is 5.91 Å². The molecule has 0 atom stereocenters. The highest BCUT2D eigenvalue weighted by molar-refractivity contribution is 7.98. The van der Waals surface area contributed by atoms with Crippen LogP contribution in [0.5, 0.6) is 5.75 Å². The first-order chi connectivity index (χ1) is 16.1. The summed E-state index contributed by atoms with van der Waals surface area (Å²) in [6.45, 7) is 1.94. The fourth-order valence-electron chi connectivity index (χ4n) is 3.28. The first-order valence-corrected chi connectivity index (χ1v) is 11.9. The lowest BCUT2D eigenvalue weighted by Gasteiger charge is -2.12. The van der Waals surface area contributed by atoms with Gasteiger partial charge in [0, 0.05) is 24.4 Å². The highest BCUT2D eigenvalue weighted by Gasteiger charge is 2.07. The van der Waals surface area contributed by atoms with Crippen molar-refractivity contribution in [1.29, 1.82) is 0 Å². The second-order valence-electron chi connectivity index (χ2n) is 8.03. The maximum Gasteiger partial charge on any atom is 0.251 e. The van der Waals surface area contributed by atoms with Crippen LogP contribution < -0.4 is 10.1 Å². The minimum Gasteiger partial charge on any atom is -0.492 e. The van der Waals surface area contributed by atoms with E-state index < -0.39 is 0 Å². The number of benzene rings is 3. The molecule has 4 aromatic rings. The van der Waals surface area contributed by atoms with Crippen LogP contribution in [-0.2, 0) is 12.3 Å². The number of carbonyl (C=O) groups excluding carboxylic acids is 1. The normalized spacial score (nSPS) is 11.1. The molecule has 170 valence electrons. The third kappa shape index (κ3) is 6.60. The third-order valence-corrected chi connectivity index (χ3v) is 6.06. The minimum atomic E-state index is -0.0922. The largest absolute Gasteiger partial charge is 0.492 e. The van der Waals surface area contributed by atoms with Crippen LogP contribution >= 0.6 is 11.8 Å². The number of thioether (sulfide) groups is 1. The number of likely N-dealkylation sites (N-methyl/N-ethyl adjacent to an activating group) is 1. The highest BCUT2D eigenvalue weighted by Crippen LogP contribution is 2.23. The van der Waals surface area contributed by atoms with E-state index in [0.717, 1.165) is 45.4 Å². The van der Waals surface area contributed by atoms with E-state index in [1.165, 1.54) is 0 Å². The van der Waals surface area contributed by atoms with Crippen LogP contribution in [0.4, 0.5) is 0 Å². The van der Waals surface area contributed by atoms with E-state index in [9.17, 15) is 4.79 Å². The van der Waals surface area contributed by atoms with Crippen LogP contribution in [0.15, 0.2) is 78.0 Å². The Balaban J connectivity index is 1.26. The molecule has 0 aliphatic rings. The van der Waals surface area contributed by atoms with Gasteiger partial charge < -0.3 is 19.9 Å². The molecule has 0 spiro atoms. The SMILES string of the molecule is CN(C)CCOc1cccc(CNC(=O)c2ccc(CSc3nc4ccccc4[nH]3)cc2)c1. The summed E-state index contributed by atoms with van der Waals surface area (Å²) in [5.74, 6) is 1.50. The molecule has 0 saturated carbocycles. The van der Waals surface area contributed by atoms with E-state index in [4.69, 9.17) is 4.74 Å². The van der Waals surface area contributed by atoms with Crippen LogP contribution in [0.1, 0.15) is 21.5 Å². The van der Waals surface area contributed by atoms with Gasteiger partial charge >= 0.3 is 0 Å². The minimum absolute atomic E-state index is 0.0922. The molecule has 1 amide bonds. The molecule has 7 heteroatoms. The molecule has 0 bridgehead atoms. The van der Waals surface area contributed by atoms with Crippen LogP contribution in [-0.4, -0.2) is 48.0 Å². The number of ether oxygens (including phenoxy) is 1. The second-order valence-corrected chi connectivity index (χ2v) is 8.99. The van der Waals surface area contributed by atoms with Crippen molar-refractivity contribution in [2.75, 3.05) is 27.2 Å². The number of hydrogen-bond donors (Lipinski definition) is 2. The maximum atomic E-state index is 12.6. The van der Waals surface area contributed by atoms with Gasteiger partial charge in [0.2, 0.25) is 0 Å². The fraction of sp³-hybridized carbons (Fsp3) is 0.231. The first-order valence-electron chi connectivity index (χ1n) is 10.9. The van der Waals surface area contributed by atoms with Gasteiger partial charge in [-0.2, -0.15) is 0 Å². The van der Waals surface area contributed by atoms with Gasteiger partial charge in [-0.05, 0) is 61.6 Å². The van der Waals surface area contributed by atoms with Crippen molar-refractivity contribution in [3.63, 3.8) is 0 Å². The predicted molar refractivity (Wildman–Crippen MR) is 134 cm³/mol. The molecule has 4 rings (SSSR count). The molecule has 0 radical (unpaired) electrons. The summed E-state index contributed by atoms with van der Waals surface area (Å²) < 4.78 is 5.77.